The summed E-state index contributed by atoms with van der Waals surface area (Å²) in [5.41, 5.74) is 2.32. The molecule has 3 aromatic carbocycles. The monoisotopic (exact) mass is 653 g/mol. The summed E-state index contributed by atoms with van der Waals surface area (Å²) in [6.45, 7) is 5.09. The Hall–Kier alpha value is -3.60. The molecule has 12 heteroatoms. The second kappa shape index (κ2) is 13.0. The minimum absolute atomic E-state index is 0.316. The van der Waals surface area contributed by atoms with Gasteiger partial charge in [-0.25, -0.2) is 9.78 Å². The number of nitrogens with zero attached hydrogens (tertiary/aromatic N) is 4. The maximum Gasteiger partial charge on any atom is 0.349 e. The average molecular weight is 655 g/mol. The third-order valence-electron chi connectivity index (χ3n) is 6.71. The van der Waals surface area contributed by atoms with Gasteiger partial charge in [0, 0.05) is 39.9 Å². The van der Waals surface area contributed by atoms with E-state index in [0.717, 1.165) is 43.1 Å². The van der Waals surface area contributed by atoms with Gasteiger partial charge in [-0.15, -0.1) is 11.3 Å². The molecule has 0 aliphatic rings. The van der Waals surface area contributed by atoms with Crippen molar-refractivity contribution in [1.82, 2.24) is 19.7 Å². The van der Waals surface area contributed by atoms with Crippen molar-refractivity contribution in [1.29, 1.82) is 0 Å². The quantitative estimate of drug-likeness (QED) is 0.135. The van der Waals surface area contributed by atoms with Gasteiger partial charge in [0.05, 0.1) is 34.4 Å². The summed E-state index contributed by atoms with van der Waals surface area (Å²) < 4.78 is 6.12. The molecule has 2 heterocycles. The Morgan fingerprint density at radius 1 is 1.02 bits per heavy atom. The Kier molecular flexibility index (Phi) is 9.29. The molecule has 1 N–H and O–H groups in total. The number of methoxy groups -OCH3 is 1. The number of aromatic amines is 1. The molecule has 0 aliphatic heterocycles. The highest BCUT2D eigenvalue weighted by Gasteiger charge is 2.34. The van der Waals surface area contributed by atoms with Gasteiger partial charge in [-0.05, 0) is 49.2 Å². The first-order valence-electron chi connectivity index (χ1n) is 13.1. The molecule has 0 spiro atoms. The summed E-state index contributed by atoms with van der Waals surface area (Å²) in [4.78, 5) is 36.5. The lowest BCUT2D eigenvalue weighted by Gasteiger charge is -2.26. The van der Waals surface area contributed by atoms with E-state index in [-0.39, 0.29) is 0 Å². The summed E-state index contributed by atoms with van der Waals surface area (Å²) in [6, 6.07) is 18.8. The lowest BCUT2D eigenvalue weighted by molar-refractivity contribution is 0.208. The summed E-state index contributed by atoms with van der Waals surface area (Å²) in [7, 11) is 1.65. The maximum atomic E-state index is 12.3. The van der Waals surface area contributed by atoms with E-state index < -0.39 is 16.7 Å². The van der Waals surface area contributed by atoms with Crippen LogP contribution in [0.15, 0.2) is 81.4 Å². The zero-order valence-corrected chi connectivity index (χ0v) is 26.5. The second-order valence-corrected chi connectivity index (χ2v) is 12.3. The van der Waals surface area contributed by atoms with Crippen LogP contribution in [-0.4, -0.2) is 46.2 Å². The van der Waals surface area contributed by atoms with Crippen LogP contribution in [-0.2, 0) is 10.2 Å². The van der Waals surface area contributed by atoms with Crippen LogP contribution in [0, 0.1) is 0 Å². The zero-order valence-electron chi connectivity index (χ0n) is 23.4. The van der Waals surface area contributed by atoms with Crippen LogP contribution in [0.5, 0.6) is 0 Å². The zero-order chi connectivity index (χ0) is 30.7. The number of ether oxygens (including phenoxy) is 1. The Morgan fingerprint density at radius 2 is 1.77 bits per heavy atom. The van der Waals surface area contributed by atoms with Gasteiger partial charge in [0.25, 0.3) is 5.56 Å². The Morgan fingerprint density at radius 3 is 2.47 bits per heavy atom. The summed E-state index contributed by atoms with van der Waals surface area (Å²) in [5, 5.41) is 5.88. The number of aromatic nitrogens is 4. The van der Waals surface area contributed by atoms with Crippen molar-refractivity contribution >= 4 is 52.4 Å². The van der Waals surface area contributed by atoms with Crippen molar-refractivity contribution in [3.8, 4) is 27.4 Å². The highest BCUT2D eigenvalue weighted by molar-refractivity contribution is 7.16. The molecule has 5 aromatic rings. The van der Waals surface area contributed by atoms with E-state index in [0.29, 0.717) is 39.5 Å². The van der Waals surface area contributed by atoms with Crippen LogP contribution < -0.4 is 11.2 Å². The number of thiazole rings is 1. The number of hydrogen-bond donors (Lipinski definition) is 1. The molecule has 0 saturated carbocycles. The van der Waals surface area contributed by atoms with E-state index >= 15 is 0 Å². The first-order valence-corrected chi connectivity index (χ1v) is 15.1. The predicted octanol–water partition coefficient (Wildman–Crippen LogP) is 7.06. The smallest absolute Gasteiger partial charge is 0.349 e. The van der Waals surface area contributed by atoms with Crippen molar-refractivity contribution in [2.24, 2.45) is 4.99 Å². The molecule has 220 valence electrons. The molecule has 0 unspecified atom stereocenters. The number of hydrogen-bond acceptors (Lipinski definition) is 7. The van der Waals surface area contributed by atoms with Gasteiger partial charge in [0.1, 0.15) is 11.2 Å². The molecule has 2 aromatic heterocycles. The minimum Gasteiger partial charge on any atom is -0.383 e. The van der Waals surface area contributed by atoms with E-state index in [1.54, 1.807) is 19.2 Å². The molecule has 5 rings (SSSR count). The minimum atomic E-state index is -0.756. The molecule has 0 amide bonds. The van der Waals surface area contributed by atoms with Crippen LogP contribution in [0.3, 0.4) is 0 Å². The fraction of sp³-hybridized carbons (Fsp3) is 0.194. The first kappa shape index (κ1) is 30.8. The first-order chi connectivity index (χ1) is 20.6. The average Bonchev–Trinajstić information content (AvgIpc) is 3.42. The Balaban J connectivity index is 1.63. The van der Waals surface area contributed by atoms with E-state index in [4.69, 9.17) is 44.5 Å². The molecule has 0 bridgehead atoms. The normalized spacial score (nSPS) is 11.9. The molecule has 0 saturated heterocycles. The van der Waals surface area contributed by atoms with Crippen LogP contribution in [0.2, 0.25) is 15.1 Å². The molecular formula is C31H26Cl3N5O3S. The number of benzene rings is 3. The summed E-state index contributed by atoms with van der Waals surface area (Å²) in [6.07, 6.45) is 2.84. The maximum absolute atomic E-state index is 12.3. The number of halogens is 3. The highest BCUT2D eigenvalue weighted by atomic mass is 35.5. The van der Waals surface area contributed by atoms with Gasteiger partial charge < -0.3 is 4.74 Å². The molecular weight excluding hydrogens is 629 g/mol. The van der Waals surface area contributed by atoms with Crippen molar-refractivity contribution in [2.75, 3.05) is 20.3 Å². The highest BCUT2D eigenvalue weighted by Crippen LogP contribution is 2.47. The van der Waals surface area contributed by atoms with E-state index in [1.807, 2.05) is 62.5 Å². The Bertz CT molecular complexity index is 1920. The summed E-state index contributed by atoms with van der Waals surface area (Å²) >= 11 is 21.9. The Labute approximate surface area is 266 Å². The van der Waals surface area contributed by atoms with Crippen molar-refractivity contribution < 1.29 is 4.74 Å². The second-order valence-electron chi connectivity index (χ2n) is 10.1. The standard InChI is InChI=1S/C31H26Cl3N5O3S/c1-31(2,26-23(33)14-20(15-24(26)34)39-30(41)37-25(40)17-36-39)29-38-27(21-9-4-5-10-22(21)32)28(43-29)19-8-6-7-18(13-19)16-35-11-12-42-3/h4-10,13-17H,11-12H2,1-3H3,(H,37,40,41). The van der Waals surface area contributed by atoms with Crippen LogP contribution in [0.25, 0.3) is 27.4 Å². The number of H-pyrrole nitrogens is 1. The SMILES string of the molecule is COCCN=Cc1cccc(-c2sc(C(C)(C)c3c(Cl)cc(-n4ncc(=O)[nH]c4=O)cc3Cl)nc2-c2ccccc2Cl)c1. The molecule has 43 heavy (non-hydrogen) atoms. The third kappa shape index (κ3) is 6.51. The van der Waals surface area contributed by atoms with E-state index in [1.165, 1.54) is 11.3 Å². The van der Waals surface area contributed by atoms with Gasteiger partial charge in [0.15, 0.2) is 0 Å². The lowest BCUT2D eigenvalue weighted by atomic mass is 9.85. The van der Waals surface area contributed by atoms with Gasteiger partial charge in [-0.2, -0.15) is 9.78 Å². The molecule has 8 nitrogen and oxygen atoms in total. The van der Waals surface area contributed by atoms with Crippen LogP contribution >= 0.6 is 46.1 Å². The molecule has 0 fully saturated rings. The number of nitrogens with one attached hydrogen (secondary N) is 1. The molecule has 0 radical (unpaired) electrons. The van der Waals surface area contributed by atoms with Gasteiger partial charge in [-0.1, -0.05) is 71.2 Å². The van der Waals surface area contributed by atoms with Crippen LogP contribution in [0.4, 0.5) is 0 Å². The van der Waals surface area contributed by atoms with Gasteiger partial charge in [-0.3, -0.25) is 14.8 Å². The van der Waals surface area contributed by atoms with E-state index in [9.17, 15) is 9.59 Å². The molecule has 0 aliphatic carbocycles. The van der Waals surface area contributed by atoms with Crippen LogP contribution in [0.1, 0.15) is 30.0 Å². The largest absolute Gasteiger partial charge is 0.383 e. The number of rotatable bonds is 9. The predicted molar refractivity (Wildman–Crippen MR) is 175 cm³/mol. The van der Waals surface area contributed by atoms with E-state index in [2.05, 4.69) is 21.1 Å². The van der Waals surface area contributed by atoms with Crippen molar-refractivity contribution in [3.63, 3.8) is 0 Å². The number of aliphatic imine (C=N–C) groups is 1. The fourth-order valence-electron chi connectivity index (χ4n) is 4.62. The van der Waals surface area contributed by atoms with Gasteiger partial charge in [0.2, 0.25) is 0 Å². The summed E-state index contributed by atoms with van der Waals surface area (Å²) in [5.74, 6) is 0. The van der Waals surface area contributed by atoms with Crippen molar-refractivity contribution in [2.45, 2.75) is 19.3 Å². The topological polar surface area (TPSA) is 102 Å². The van der Waals surface area contributed by atoms with Gasteiger partial charge >= 0.3 is 5.69 Å². The van der Waals surface area contributed by atoms with Crippen molar-refractivity contribution in [3.05, 3.63) is 119 Å². The lowest BCUT2D eigenvalue weighted by Crippen LogP contribution is -2.30. The third-order valence-corrected chi connectivity index (χ3v) is 9.07. The molecule has 0 atom stereocenters. The fourth-order valence-corrected chi connectivity index (χ4v) is 6.97.